The lowest BCUT2D eigenvalue weighted by molar-refractivity contribution is -0.279. The van der Waals surface area contributed by atoms with Gasteiger partial charge >= 0.3 is 0 Å². The van der Waals surface area contributed by atoms with E-state index in [-0.39, 0.29) is 49.2 Å². The van der Waals surface area contributed by atoms with E-state index in [4.69, 9.17) is 18.9 Å². The smallest absolute Gasteiger partial charge is 0.220 e. The molecule has 125 heavy (non-hydrogen) atoms. The molecule has 9 aliphatic heterocycles. The van der Waals surface area contributed by atoms with Crippen molar-refractivity contribution in [2.45, 2.75) is 457 Å². The Morgan fingerprint density at radius 1 is 0.288 bits per heavy atom. The van der Waals surface area contributed by atoms with Gasteiger partial charge in [-0.2, -0.15) is 35.3 Å². The highest BCUT2D eigenvalue weighted by molar-refractivity contribution is 7.99. The van der Waals surface area contributed by atoms with Crippen LogP contribution >= 0.6 is 35.3 Å². The number of ether oxygens (including phenoxy) is 4. The van der Waals surface area contributed by atoms with E-state index in [2.05, 4.69) is 426 Å². The maximum Gasteiger partial charge on any atom is 0.220 e. The SMILES string of the molecule is CC(C)(C)C1(C(C)(C)C)CCCSC1.CC(C)(C)C1(C(C)(C)C)CCOC1.CC(C)(C)C1(C(C)(C)C)CCOCC1.CC(C)(C)C1(C(C)(C)C)CCS(=O)(=O)C1.CC(C)(C)C1(C(C)(C)C)CCSC1.CC(C)(C)C1(C(C)(C)C)CCSCC1.CC(C)(C)C1(C(C)(C)C)CNC(=O)C1.CC(C)(C)C1(C(C)(C)C)OCCO1.CN1CCC(C(C)(C)C)(C(C)(C)C)CC1. The van der Waals surface area contributed by atoms with Gasteiger partial charge in [0.05, 0.1) is 31.3 Å². The fraction of sp³-hybridized carbons (Fsp3) is 0.991. The third-order valence-corrected chi connectivity index (χ3v) is 41.0. The third-order valence-electron chi connectivity index (χ3n) is 35.8. The van der Waals surface area contributed by atoms with E-state index in [9.17, 15) is 13.2 Å². The molecule has 748 valence electrons. The summed E-state index contributed by atoms with van der Waals surface area (Å²) in [6.07, 6.45) is 14.8. The largest absolute Gasteiger partial charge is 0.381 e. The number of thioether (sulfide) groups is 3. The lowest BCUT2D eigenvalue weighted by Crippen LogP contribution is -2.54. The van der Waals surface area contributed by atoms with Gasteiger partial charge < -0.3 is 29.2 Å². The van der Waals surface area contributed by atoms with Gasteiger partial charge in [-0.25, -0.2) is 8.42 Å². The molecule has 1 amide bonds. The van der Waals surface area contributed by atoms with Gasteiger partial charge in [0.2, 0.25) is 5.91 Å². The summed E-state index contributed by atoms with van der Waals surface area (Å²) in [5.74, 6) is 8.62. The Morgan fingerprint density at radius 3 is 0.744 bits per heavy atom. The zero-order valence-electron chi connectivity index (χ0n) is 94.9. The van der Waals surface area contributed by atoms with Crippen molar-refractivity contribution >= 4 is 51.0 Å². The molecule has 13 heteroatoms. The zero-order chi connectivity index (χ0) is 99.3. The van der Waals surface area contributed by atoms with Crippen LogP contribution < -0.4 is 5.32 Å². The van der Waals surface area contributed by atoms with Crippen LogP contribution in [-0.2, 0) is 33.6 Å². The first-order chi connectivity index (χ1) is 54.9. The van der Waals surface area contributed by atoms with E-state index in [1.54, 1.807) is 0 Å². The number of carbonyl (C=O) groups is 1. The number of amides is 1. The first-order valence-electron chi connectivity index (χ1n) is 50.2. The first-order valence-corrected chi connectivity index (χ1v) is 55.5. The van der Waals surface area contributed by atoms with Crippen LogP contribution in [0.1, 0.15) is 451 Å². The van der Waals surface area contributed by atoms with Crippen LogP contribution in [0.3, 0.4) is 0 Å². The molecule has 0 aromatic carbocycles. The van der Waals surface area contributed by atoms with Crippen molar-refractivity contribution in [3.8, 4) is 0 Å². The number of piperidine rings is 1. The normalized spacial score (nSPS) is 23.7. The van der Waals surface area contributed by atoms with Crippen LogP contribution in [0, 0.1) is 141 Å². The lowest BCUT2D eigenvalue weighted by Gasteiger charge is -2.57. The van der Waals surface area contributed by atoms with Crippen LogP contribution in [0.15, 0.2) is 0 Å². The predicted octanol–water partition coefficient (Wildman–Crippen LogP) is 32.8. The molecule has 9 saturated heterocycles. The zero-order valence-corrected chi connectivity index (χ0v) is 98.2. The number of rotatable bonds is 0. The number of hydrogen-bond acceptors (Lipinski definition) is 11. The maximum absolute atomic E-state index is 11.7. The minimum absolute atomic E-state index is 0.0156. The molecule has 9 nitrogen and oxygen atoms in total. The lowest BCUT2D eigenvalue weighted by atomic mass is 9.50. The van der Waals surface area contributed by atoms with Gasteiger partial charge in [-0.15, -0.1) is 0 Å². The average Bonchev–Trinajstić information content (AvgIpc) is 1.48. The van der Waals surface area contributed by atoms with Gasteiger partial charge in [-0.05, 0) is 244 Å². The summed E-state index contributed by atoms with van der Waals surface area (Å²) in [6, 6.07) is 0. The molecule has 1 N–H and O–H groups in total. The highest BCUT2D eigenvalue weighted by atomic mass is 32.2. The van der Waals surface area contributed by atoms with E-state index < -0.39 is 15.6 Å². The Kier molecular flexibility index (Phi) is 41.7. The van der Waals surface area contributed by atoms with Crippen molar-refractivity contribution in [2.24, 2.45) is 141 Å². The predicted molar refractivity (Wildman–Crippen MR) is 562 cm³/mol. The molecule has 9 fully saturated rings. The summed E-state index contributed by atoms with van der Waals surface area (Å²) in [5, 5.41) is 2.98. The average molecular weight is 1840 g/mol. The van der Waals surface area contributed by atoms with E-state index in [0.29, 0.717) is 129 Å². The standard InChI is InChI=1S/C14H29N.C13H26O.2C13H26S.C12H23NO.C12H24O2S.C12H24O.C12H24S.C11H22O2/c1-12(2,3)14(13(4,5)6)8-10-15(7)11-9-14;2*1-11(2,3)13(12(4,5)6)7-9-14-10-8-13;1-11(2,3)13(12(4,5)6)8-7-9-14-10-13;1-10(2,3)12(11(4,5)6)7-9(14)13-8-12;1-10(2,3)12(11(4,5)6)7-8-15(13,14)9-12;2*1-10(2,3)12(11(4,5)6)7-8-13-9-12;1-9(2,3)11(10(4,5)6)12-7-8-13-11/h8-11H2,1-7H3;3*7-10H2,1-6H3;7-8H2,1-6H3,(H,13,14);7-9H2,1-6H3;2*7-9H2,1-6H3;7-8H2,1-6H3. The Bertz CT molecular complexity index is 2940. The molecule has 0 atom stereocenters. The molecule has 0 aromatic rings. The van der Waals surface area contributed by atoms with Crippen LogP contribution in [-0.4, -0.2) is 137 Å². The first kappa shape index (κ1) is 123. The summed E-state index contributed by atoms with van der Waals surface area (Å²) >= 11 is 6.42. The molecule has 9 rings (SSSR count). The van der Waals surface area contributed by atoms with Gasteiger partial charge in [0, 0.05) is 54.4 Å². The number of likely N-dealkylation sites (tertiary alicyclic amines) is 1. The second kappa shape index (κ2) is 42.3. The molecule has 0 spiro atoms. The Balaban J connectivity index is 0.000000703. The summed E-state index contributed by atoms with van der Waals surface area (Å²) in [4.78, 5) is 13.9. The molecule has 0 bridgehead atoms. The van der Waals surface area contributed by atoms with Crippen molar-refractivity contribution in [2.75, 3.05) is 112 Å². The number of nitrogens with one attached hydrogen (secondary N) is 1. The molecule has 9 aliphatic rings. The van der Waals surface area contributed by atoms with Gasteiger partial charge in [0.25, 0.3) is 0 Å². The minimum Gasteiger partial charge on any atom is -0.381 e. The van der Waals surface area contributed by atoms with Crippen molar-refractivity contribution < 1.29 is 32.2 Å². The molecular weight excluding hydrogens is 1610 g/mol. The van der Waals surface area contributed by atoms with Gasteiger partial charge in [-0.1, -0.05) is 374 Å². The van der Waals surface area contributed by atoms with Crippen LogP contribution in [0.25, 0.3) is 0 Å². The topological polar surface area (TPSA) is 103 Å². The van der Waals surface area contributed by atoms with Gasteiger partial charge in [0.15, 0.2) is 15.6 Å². The highest BCUT2D eigenvalue weighted by Crippen LogP contribution is 2.65. The fourth-order valence-corrected chi connectivity index (χ4v) is 35.2. The fourth-order valence-electron chi connectivity index (χ4n) is 27.6. The molecule has 0 saturated carbocycles. The summed E-state index contributed by atoms with van der Waals surface area (Å²) < 4.78 is 46.3. The quantitative estimate of drug-likeness (QED) is 0.251. The summed E-state index contributed by atoms with van der Waals surface area (Å²) in [7, 11) is -0.575. The summed E-state index contributed by atoms with van der Waals surface area (Å²) in [6.45, 7) is 134. The monoisotopic (exact) mass is 1840 g/mol. The molecule has 0 unspecified atom stereocenters. The second-order valence-corrected chi connectivity index (χ2v) is 65.2. The molecule has 9 heterocycles. The van der Waals surface area contributed by atoms with Crippen LogP contribution in [0.4, 0.5) is 0 Å². The minimum atomic E-state index is -2.82. The van der Waals surface area contributed by atoms with Crippen molar-refractivity contribution in [1.82, 2.24) is 10.2 Å². The highest BCUT2D eigenvalue weighted by Gasteiger charge is 2.61. The number of nitrogens with zero attached hydrogens (tertiary/aromatic N) is 1. The van der Waals surface area contributed by atoms with E-state index >= 15 is 0 Å². The van der Waals surface area contributed by atoms with Crippen molar-refractivity contribution in [1.29, 1.82) is 0 Å². The Hall–Kier alpha value is 0.270. The number of carbonyl (C=O) groups excluding carboxylic acids is 1. The molecule has 0 aromatic heterocycles. The van der Waals surface area contributed by atoms with E-state index in [0.717, 1.165) is 39.4 Å². The Labute approximate surface area is 797 Å². The molecule has 0 radical (unpaired) electrons. The number of sulfone groups is 1. The van der Waals surface area contributed by atoms with Crippen LogP contribution in [0.5, 0.6) is 0 Å². The summed E-state index contributed by atoms with van der Waals surface area (Å²) in [5.41, 5.74) is 8.10. The third kappa shape index (κ3) is 28.5. The molecule has 0 aliphatic carbocycles. The second-order valence-electron chi connectivity index (χ2n) is 59.6. The van der Waals surface area contributed by atoms with Gasteiger partial charge in [0.1, 0.15) is 0 Å². The van der Waals surface area contributed by atoms with E-state index in [1.807, 2.05) is 0 Å². The van der Waals surface area contributed by atoms with Crippen LogP contribution in [0.2, 0.25) is 0 Å². The van der Waals surface area contributed by atoms with Crippen molar-refractivity contribution in [3.05, 3.63) is 0 Å². The number of hydrogen-bond donors (Lipinski definition) is 1. The molecular formula is C112H224N2O7S4. The Morgan fingerprint density at radius 2 is 0.560 bits per heavy atom. The maximum atomic E-state index is 11.7. The van der Waals surface area contributed by atoms with Crippen molar-refractivity contribution in [3.63, 3.8) is 0 Å². The van der Waals surface area contributed by atoms with Gasteiger partial charge in [-0.3, -0.25) is 4.79 Å². The van der Waals surface area contributed by atoms with E-state index in [1.165, 1.54) is 112 Å².